The molecule has 0 saturated carbocycles. The molecule has 0 saturated heterocycles. The van der Waals surface area contributed by atoms with Crippen LogP contribution in [0, 0.1) is 0 Å². The number of methoxy groups -OCH3 is 1. The number of aromatic nitrogens is 3. The Kier molecular flexibility index (Phi) is 3.77. The fourth-order valence-corrected chi connectivity index (χ4v) is 1.72. The van der Waals surface area contributed by atoms with Gasteiger partial charge in [-0.15, -0.1) is 0 Å². The molecule has 0 aliphatic rings. The molecule has 0 aliphatic carbocycles. The monoisotopic (exact) mass is 263 g/mol. The Balaban J connectivity index is 2.39. The summed E-state index contributed by atoms with van der Waals surface area (Å²) in [6.07, 6.45) is 0. The maximum atomic E-state index is 5.82. The lowest BCUT2D eigenvalue weighted by Gasteiger charge is -2.07. The van der Waals surface area contributed by atoms with Crippen molar-refractivity contribution >= 4 is 11.6 Å². The Bertz CT molecular complexity index is 540. The van der Waals surface area contributed by atoms with Crippen LogP contribution in [0.25, 0.3) is 11.4 Å². The highest BCUT2D eigenvalue weighted by Gasteiger charge is 2.08. The van der Waals surface area contributed by atoms with E-state index in [1.54, 1.807) is 0 Å². The molecule has 1 aromatic heterocycles. The molecule has 0 N–H and O–H groups in total. The van der Waals surface area contributed by atoms with Gasteiger partial charge in [0.25, 0.3) is 0 Å². The topological polar surface area (TPSA) is 47.9 Å². The Hall–Kier alpha value is -1.68. The normalized spacial score (nSPS) is 10.7. The number of rotatable bonds is 3. The minimum Gasteiger partial charge on any atom is -0.467 e. The second-order valence-electron chi connectivity index (χ2n) is 4.19. The van der Waals surface area contributed by atoms with Crippen molar-refractivity contribution in [3.05, 3.63) is 35.1 Å². The second-order valence-corrected chi connectivity index (χ2v) is 4.53. The number of hydrogen-bond acceptors (Lipinski definition) is 4. The Morgan fingerprint density at radius 2 is 1.72 bits per heavy atom. The van der Waals surface area contributed by atoms with Crippen LogP contribution in [-0.2, 0) is 0 Å². The average molecular weight is 264 g/mol. The molecule has 4 nitrogen and oxygen atoms in total. The van der Waals surface area contributed by atoms with Gasteiger partial charge in [0.15, 0.2) is 5.82 Å². The van der Waals surface area contributed by atoms with Gasteiger partial charge in [0.2, 0.25) is 5.28 Å². The minimum atomic E-state index is 0.129. The maximum absolute atomic E-state index is 5.82. The summed E-state index contributed by atoms with van der Waals surface area (Å²) in [5, 5.41) is 0.129. The molecule has 5 heteroatoms. The fraction of sp³-hybridized carbons (Fsp3) is 0.308. The van der Waals surface area contributed by atoms with E-state index in [1.165, 1.54) is 12.7 Å². The maximum Gasteiger partial charge on any atom is 0.321 e. The first-order valence-corrected chi connectivity index (χ1v) is 6.04. The molecule has 0 aliphatic heterocycles. The lowest BCUT2D eigenvalue weighted by Crippen LogP contribution is -1.98. The predicted molar refractivity (Wildman–Crippen MR) is 70.9 cm³/mol. The van der Waals surface area contributed by atoms with Crippen LogP contribution in [0.5, 0.6) is 6.01 Å². The molecule has 0 unspecified atom stereocenters. The van der Waals surface area contributed by atoms with Crippen molar-refractivity contribution in [1.29, 1.82) is 0 Å². The molecule has 0 fully saturated rings. The summed E-state index contributed by atoms with van der Waals surface area (Å²) in [4.78, 5) is 12.1. The molecule has 94 valence electrons. The third kappa shape index (κ3) is 2.76. The van der Waals surface area contributed by atoms with Gasteiger partial charge in [-0.25, -0.2) is 0 Å². The summed E-state index contributed by atoms with van der Waals surface area (Å²) in [7, 11) is 1.50. The Morgan fingerprint density at radius 3 is 2.28 bits per heavy atom. The van der Waals surface area contributed by atoms with E-state index in [0.29, 0.717) is 11.7 Å². The molecule has 0 spiro atoms. The molecular weight excluding hydrogens is 250 g/mol. The van der Waals surface area contributed by atoms with Gasteiger partial charge in [0.05, 0.1) is 7.11 Å². The van der Waals surface area contributed by atoms with E-state index >= 15 is 0 Å². The molecule has 0 amide bonds. The minimum absolute atomic E-state index is 0.129. The van der Waals surface area contributed by atoms with Gasteiger partial charge in [0, 0.05) is 5.56 Å². The highest BCUT2D eigenvalue weighted by molar-refractivity contribution is 6.28. The van der Waals surface area contributed by atoms with E-state index in [-0.39, 0.29) is 11.3 Å². The number of nitrogens with zero attached hydrogens (tertiary/aromatic N) is 3. The van der Waals surface area contributed by atoms with Crippen LogP contribution in [0.1, 0.15) is 25.3 Å². The van der Waals surface area contributed by atoms with Gasteiger partial charge < -0.3 is 4.74 Å². The fourth-order valence-electron chi connectivity index (χ4n) is 1.57. The first-order valence-electron chi connectivity index (χ1n) is 5.66. The zero-order chi connectivity index (χ0) is 13.1. The van der Waals surface area contributed by atoms with Crippen molar-refractivity contribution in [2.24, 2.45) is 0 Å². The zero-order valence-electron chi connectivity index (χ0n) is 10.5. The number of benzene rings is 1. The summed E-state index contributed by atoms with van der Waals surface area (Å²) in [6.45, 7) is 4.30. The standard InChI is InChI=1S/C13H14ClN3O/c1-8(2)9-4-6-10(7-5-9)11-15-12(14)17-13(16-11)18-3/h4-8H,1-3H3. The van der Waals surface area contributed by atoms with Crippen LogP contribution in [0.15, 0.2) is 24.3 Å². The van der Waals surface area contributed by atoms with E-state index in [1.807, 2.05) is 12.1 Å². The first-order chi connectivity index (χ1) is 8.60. The molecule has 1 aromatic carbocycles. The summed E-state index contributed by atoms with van der Waals surface area (Å²) in [5.74, 6) is 1.01. The highest BCUT2D eigenvalue weighted by Crippen LogP contribution is 2.21. The third-order valence-corrected chi connectivity index (χ3v) is 2.77. The summed E-state index contributed by atoms with van der Waals surface area (Å²) in [5.41, 5.74) is 2.16. The van der Waals surface area contributed by atoms with Gasteiger partial charge in [-0.1, -0.05) is 38.1 Å². The number of hydrogen-bond donors (Lipinski definition) is 0. The predicted octanol–water partition coefficient (Wildman–Crippen LogP) is 3.32. The van der Waals surface area contributed by atoms with Crippen molar-refractivity contribution in [2.75, 3.05) is 7.11 Å². The SMILES string of the molecule is COc1nc(Cl)nc(-c2ccc(C(C)C)cc2)n1. The molecule has 2 aromatic rings. The van der Waals surface area contributed by atoms with Gasteiger partial charge in [-0.2, -0.15) is 15.0 Å². The van der Waals surface area contributed by atoms with Crippen molar-refractivity contribution in [1.82, 2.24) is 15.0 Å². The average Bonchev–Trinajstić information content (AvgIpc) is 2.38. The van der Waals surface area contributed by atoms with E-state index in [2.05, 4.69) is 40.9 Å². The summed E-state index contributed by atoms with van der Waals surface area (Å²) < 4.78 is 4.97. The second kappa shape index (κ2) is 5.31. The zero-order valence-corrected chi connectivity index (χ0v) is 11.3. The quantitative estimate of drug-likeness (QED) is 0.852. The van der Waals surface area contributed by atoms with E-state index in [0.717, 1.165) is 5.56 Å². The summed E-state index contributed by atoms with van der Waals surface area (Å²) >= 11 is 5.82. The van der Waals surface area contributed by atoms with Crippen molar-refractivity contribution < 1.29 is 4.74 Å². The lowest BCUT2D eigenvalue weighted by molar-refractivity contribution is 0.379. The lowest BCUT2D eigenvalue weighted by atomic mass is 10.0. The molecule has 1 heterocycles. The van der Waals surface area contributed by atoms with Crippen LogP contribution in [-0.4, -0.2) is 22.1 Å². The van der Waals surface area contributed by atoms with E-state index in [4.69, 9.17) is 16.3 Å². The van der Waals surface area contributed by atoms with E-state index < -0.39 is 0 Å². The smallest absolute Gasteiger partial charge is 0.321 e. The van der Waals surface area contributed by atoms with Crippen LogP contribution in [0.2, 0.25) is 5.28 Å². The van der Waals surface area contributed by atoms with Crippen LogP contribution in [0.3, 0.4) is 0 Å². The number of ether oxygens (including phenoxy) is 1. The highest BCUT2D eigenvalue weighted by atomic mass is 35.5. The molecule has 0 atom stereocenters. The van der Waals surface area contributed by atoms with Crippen LogP contribution < -0.4 is 4.74 Å². The molecule has 18 heavy (non-hydrogen) atoms. The van der Waals surface area contributed by atoms with Crippen LogP contribution >= 0.6 is 11.6 Å². The van der Waals surface area contributed by atoms with Gasteiger partial charge in [-0.3, -0.25) is 0 Å². The summed E-state index contributed by atoms with van der Waals surface area (Å²) in [6, 6.07) is 8.29. The number of halogens is 1. The van der Waals surface area contributed by atoms with Crippen molar-refractivity contribution in [3.63, 3.8) is 0 Å². The van der Waals surface area contributed by atoms with Crippen LogP contribution in [0.4, 0.5) is 0 Å². The first kappa shape index (κ1) is 12.8. The van der Waals surface area contributed by atoms with Crippen molar-refractivity contribution in [3.8, 4) is 17.4 Å². The molecule has 0 bridgehead atoms. The molecular formula is C13H14ClN3O. The van der Waals surface area contributed by atoms with Gasteiger partial charge in [0.1, 0.15) is 0 Å². The Morgan fingerprint density at radius 1 is 1.06 bits per heavy atom. The Labute approximate surface area is 111 Å². The molecule has 2 rings (SSSR count). The van der Waals surface area contributed by atoms with Gasteiger partial charge >= 0.3 is 6.01 Å². The third-order valence-electron chi connectivity index (χ3n) is 2.61. The van der Waals surface area contributed by atoms with Gasteiger partial charge in [-0.05, 0) is 23.1 Å². The van der Waals surface area contributed by atoms with E-state index in [9.17, 15) is 0 Å². The largest absolute Gasteiger partial charge is 0.467 e. The van der Waals surface area contributed by atoms with Crippen molar-refractivity contribution in [2.45, 2.75) is 19.8 Å². The molecule has 0 radical (unpaired) electrons.